The molecule has 0 amide bonds. The van der Waals surface area contributed by atoms with Gasteiger partial charge in [0.25, 0.3) is 0 Å². The summed E-state index contributed by atoms with van der Waals surface area (Å²) in [5.41, 5.74) is 1.77. The van der Waals surface area contributed by atoms with Crippen LogP contribution in [0.15, 0.2) is 29.2 Å². The van der Waals surface area contributed by atoms with Crippen molar-refractivity contribution in [1.82, 2.24) is 0 Å². The van der Waals surface area contributed by atoms with Gasteiger partial charge in [-0.1, -0.05) is 12.1 Å². The van der Waals surface area contributed by atoms with Crippen molar-refractivity contribution < 1.29 is 8.42 Å². The highest BCUT2D eigenvalue weighted by Gasteiger charge is 2.50. The van der Waals surface area contributed by atoms with Crippen LogP contribution in [0.3, 0.4) is 0 Å². The van der Waals surface area contributed by atoms with E-state index in [0.717, 1.165) is 24.2 Å². The van der Waals surface area contributed by atoms with Gasteiger partial charge in [-0.05, 0) is 85.8 Å². The van der Waals surface area contributed by atoms with Gasteiger partial charge < -0.3 is 0 Å². The predicted molar refractivity (Wildman–Crippen MR) is 82.1 cm³/mol. The van der Waals surface area contributed by atoms with E-state index < -0.39 is 10.0 Å². The standard InChI is InChI=1S/C17H23NO2S/c18-21(19,20)16-3-1-12(2-4-16)8-17-9-13-5-14(10-17)7-15(6-13)11-17/h1-4,13-15H,5-11H2,(H2,18,19,20). The van der Waals surface area contributed by atoms with Crippen molar-refractivity contribution in [2.45, 2.75) is 49.8 Å². The molecule has 0 aliphatic heterocycles. The van der Waals surface area contributed by atoms with Gasteiger partial charge in [-0.25, -0.2) is 13.6 Å². The second kappa shape index (κ2) is 4.56. The van der Waals surface area contributed by atoms with E-state index in [1.165, 1.54) is 44.1 Å². The van der Waals surface area contributed by atoms with E-state index in [-0.39, 0.29) is 4.90 Å². The third-order valence-electron chi connectivity index (χ3n) is 6.00. The van der Waals surface area contributed by atoms with E-state index in [9.17, 15) is 8.42 Å². The lowest BCUT2D eigenvalue weighted by Crippen LogP contribution is -2.47. The molecule has 0 aromatic heterocycles. The van der Waals surface area contributed by atoms with E-state index in [0.29, 0.717) is 5.41 Å². The summed E-state index contributed by atoms with van der Waals surface area (Å²) in [5.74, 6) is 2.87. The number of hydrogen-bond donors (Lipinski definition) is 1. The number of hydrogen-bond acceptors (Lipinski definition) is 2. The molecule has 0 spiro atoms. The first-order valence-electron chi connectivity index (χ1n) is 8.04. The fourth-order valence-corrected chi connectivity index (χ4v) is 6.25. The van der Waals surface area contributed by atoms with Crippen LogP contribution in [0.4, 0.5) is 0 Å². The van der Waals surface area contributed by atoms with Crippen LogP contribution in [0.5, 0.6) is 0 Å². The van der Waals surface area contributed by atoms with Crippen molar-refractivity contribution in [3.63, 3.8) is 0 Å². The Morgan fingerprint density at radius 3 is 1.86 bits per heavy atom. The zero-order valence-electron chi connectivity index (χ0n) is 12.3. The summed E-state index contributed by atoms with van der Waals surface area (Å²) in [7, 11) is -3.57. The molecule has 3 nitrogen and oxygen atoms in total. The normalized spacial score (nSPS) is 37.9. The van der Waals surface area contributed by atoms with Gasteiger partial charge in [0.15, 0.2) is 0 Å². The van der Waals surface area contributed by atoms with Gasteiger partial charge in [0, 0.05) is 0 Å². The second-order valence-electron chi connectivity index (χ2n) is 7.78. The van der Waals surface area contributed by atoms with Crippen molar-refractivity contribution in [1.29, 1.82) is 0 Å². The fraction of sp³-hybridized carbons (Fsp3) is 0.647. The van der Waals surface area contributed by atoms with Crippen LogP contribution in [0, 0.1) is 23.2 Å². The molecule has 114 valence electrons. The molecule has 0 radical (unpaired) electrons. The Kier molecular flexibility index (Phi) is 2.99. The average molecular weight is 305 g/mol. The molecule has 0 atom stereocenters. The maximum absolute atomic E-state index is 11.3. The van der Waals surface area contributed by atoms with Gasteiger partial charge in [-0.15, -0.1) is 0 Å². The van der Waals surface area contributed by atoms with E-state index >= 15 is 0 Å². The second-order valence-corrected chi connectivity index (χ2v) is 9.34. The Morgan fingerprint density at radius 1 is 0.952 bits per heavy atom. The third-order valence-corrected chi connectivity index (χ3v) is 6.93. The van der Waals surface area contributed by atoms with Crippen LogP contribution in [0.25, 0.3) is 0 Å². The molecule has 0 unspecified atom stereocenters. The molecule has 4 bridgehead atoms. The maximum atomic E-state index is 11.3. The summed E-state index contributed by atoms with van der Waals surface area (Å²) < 4.78 is 22.7. The average Bonchev–Trinajstić information content (AvgIpc) is 2.35. The lowest BCUT2D eigenvalue weighted by molar-refractivity contribution is -0.0521. The summed E-state index contributed by atoms with van der Waals surface area (Å²) >= 11 is 0. The molecule has 5 rings (SSSR count). The summed E-state index contributed by atoms with van der Waals surface area (Å²) in [4.78, 5) is 0.219. The number of rotatable bonds is 3. The first kappa shape index (κ1) is 13.8. The minimum atomic E-state index is -3.57. The SMILES string of the molecule is NS(=O)(=O)c1ccc(CC23CC4CC(CC(C4)C2)C3)cc1. The van der Waals surface area contributed by atoms with Gasteiger partial charge in [0.1, 0.15) is 0 Å². The Hall–Kier alpha value is -0.870. The van der Waals surface area contributed by atoms with Crippen molar-refractivity contribution >= 4 is 10.0 Å². The summed E-state index contributed by atoms with van der Waals surface area (Å²) in [5, 5.41) is 5.17. The van der Waals surface area contributed by atoms with Crippen LogP contribution in [-0.2, 0) is 16.4 Å². The third kappa shape index (κ3) is 2.53. The molecule has 4 aliphatic rings. The van der Waals surface area contributed by atoms with Crippen LogP contribution < -0.4 is 5.14 Å². The van der Waals surface area contributed by atoms with Gasteiger partial charge >= 0.3 is 0 Å². The zero-order chi connectivity index (χ0) is 14.7. The molecule has 1 aromatic carbocycles. The lowest BCUT2D eigenvalue weighted by Gasteiger charge is -2.57. The predicted octanol–water partition coefficient (Wildman–Crippen LogP) is 3.09. The number of nitrogens with two attached hydrogens (primary N) is 1. The monoisotopic (exact) mass is 305 g/mol. The van der Waals surface area contributed by atoms with Crippen LogP contribution in [-0.4, -0.2) is 8.42 Å². The van der Waals surface area contributed by atoms with Crippen molar-refractivity contribution in [3.8, 4) is 0 Å². The van der Waals surface area contributed by atoms with Crippen molar-refractivity contribution in [2.75, 3.05) is 0 Å². The van der Waals surface area contributed by atoms with Gasteiger partial charge in [0.2, 0.25) is 10.0 Å². The Balaban J connectivity index is 1.56. The zero-order valence-corrected chi connectivity index (χ0v) is 13.1. The van der Waals surface area contributed by atoms with E-state index in [1.807, 2.05) is 12.1 Å². The minimum absolute atomic E-state index is 0.219. The first-order chi connectivity index (χ1) is 9.92. The van der Waals surface area contributed by atoms with E-state index in [4.69, 9.17) is 5.14 Å². The maximum Gasteiger partial charge on any atom is 0.238 e. The lowest BCUT2D eigenvalue weighted by atomic mass is 9.48. The highest BCUT2D eigenvalue weighted by molar-refractivity contribution is 7.89. The molecular formula is C17H23NO2S. The van der Waals surface area contributed by atoms with Gasteiger partial charge in [-0.3, -0.25) is 0 Å². The topological polar surface area (TPSA) is 60.2 Å². The molecule has 0 saturated heterocycles. The molecule has 4 aliphatic carbocycles. The van der Waals surface area contributed by atoms with Crippen molar-refractivity contribution in [2.24, 2.45) is 28.3 Å². The highest BCUT2D eigenvalue weighted by atomic mass is 32.2. The van der Waals surface area contributed by atoms with Gasteiger partial charge in [-0.2, -0.15) is 0 Å². The number of benzene rings is 1. The van der Waals surface area contributed by atoms with E-state index in [2.05, 4.69) is 0 Å². The number of primary sulfonamides is 1. The van der Waals surface area contributed by atoms with Crippen LogP contribution in [0.1, 0.15) is 44.1 Å². The smallest absolute Gasteiger partial charge is 0.225 e. The Labute approximate surface area is 127 Å². The highest BCUT2D eigenvalue weighted by Crippen LogP contribution is 2.61. The largest absolute Gasteiger partial charge is 0.238 e. The summed E-state index contributed by atoms with van der Waals surface area (Å²) in [6.45, 7) is 0. The molecule has 1 aromatic rings. The Bertz CT molecular complexity index is 613. The Morgan fingerprint density at radius 2 is 1.43 bits per heavy atom. The quantitative estimate of drug-likeness (QED) is 0.933. The molecule has 4 heteroatoms. The van der Waals surface area contributed by atoms with Crippen LogP contribution in [0.2, 0.25) is 0 Å². The van der Waals surface area contributed by atoms with Gasteiger partial charge in [0.05, 0.1) is 4.90 Å². The fourth-order valence-electron chi connectivity index (χ4n) is 5.74. The van der Waals surface area contributed by atoms with Crippen molar-refractivity contribution in [3.05, 3.63) is 29.8 Å². The molecule has 4 fully saturated rings. The molecule has 21 heavy (non-hydrogen) atoms. The molecule has 0 heterocycles. The molecular weight excluding hydrogens is 282 g/mol. The molecule has 4 saturated carbocycles. The summed E-state index contributed by atoms with van der Waals surface area (Å²) in [6, 6.07) is 7.23. The minimum Gasteiger partial charge on any atom is -0.225 e. The molecule has 2 N–H and O–H groups in total. The summed E-state index contributed by atoms with van der Waals surface area (Å²) in [6.07, 6.45) is 9.65. The first-order valence-corrected chi connectivity index (χ1v) is 9.58. The number of sulfonamides is 1. The van der Waals surface area contributed by atoms with E-state index in [1.54, 1.807) is 12.1 Å². The van der Waals surface area contributed by atoms with Crippen LogP contribution >= 0.6 is 0 Å².